The Balaban J connectivity index is 1.87. The van der Waals surface area contributed by atoms with Gasteiger partial charge in [0.25, 0.3) is 5.91 Å². The van der Waals surface area contributed by atoms with Gasteiger partial charge in [0.2, 0.25) is 0 Å². The summed E-state index contributed by atoms with van der Waals surface area (Å²) < 4.78 is 7.52. The zero-order valence-electron chi connectivity index (χ0n) is 16.7. The standard InChI is InChI=1S/C22H28N2O4/c1-15-13-19(17(3)24(15)16(2)18-7-5-4-6-8-18)21(27)23-22(14-20(25)26)9-11-28-12-10-22/h4-8,13,16H,9-12,14H2,1-3H3,(H,23,27)(H,25,26). The van der Waals surface area contributed by atoms with Gasteiger partial charge in [0.1, 0.15) is 0 Å². The van der Waals surface area contributed by atoms with Crippen molar-refractivity contribution in [3.8, 4) is 0 Å². The van der Waals surface area contributed by atoms with Crippen LogP contribution in [0.15, 0.2) is 36.4 Å². The lowest BCUT2D eigenvalue weighted by atomic mass is 9.86. The van der Waals surface area contributed by atoms with Gasteiger partial charge < -0.3 is 19.7 Å². The average molecular weight is 384 g/mol. The number of benzene rings is 1. The molecule has 0 bridgehead atoms. The second kappa shape index (κ2) is 8.19. The van der Waals surface area contributed by atoms with Gasteiger partial charge in [0.05, 0.1) is 23.6 Å². The summed E-state index contributed by atoms with van der Waals surface area (Å²) in [4.78, 5) is 24.5. The summed E-state index contributed by atoms with van der Waals surface area (Å²) >= 11 is 0. The molecule has 1 aromatic carbocycles. The maximum Gasteiger partial charge on any atom is 0.305 e. The summed E-state index contributed by atoms with van der Waals surface area (Å²) in [6.45, 7) is 6.95. The van der Waals surface area contributed by atoms with Gasteiger partial charge in [-0.3, -0.25) is 9.59 Å². The first kappa shape index (κ1) is 20.1. The molecule has 1 amide bonds. The lowest BCUT2D eigenvalue weighted by molar-refractivity contribution is -0.139. The number of nitrogens with one attached hydrogen (secondary N) is 1. The molecule has 1 aliphatic rings. The topological polar surface area (TPSA) is 80.6 Å². The molecule has 0 saturated carbocycles. The number of rotatable bonds is 6. The lowest BCUT2D eigenvalue weighted by Crippen LogP contribution is -2.53. The molecule has 28 heavy (non-hydrogen) atoms. The number of carbonyl (C=O) groups is 2. The number of aryl methyl sites for hydroxylation is 1. The molecule has 1 atom stereocenters. The highest BCUT2D eigenvalue weighted by Crippen LogP contribution is 2.28. The number of ether oxygens (including phenoxy) is 1. The SMILES string of the molecule is Cc1cc(C(=O)NC2(CC(=O)O)CCOCC2)c(C)n1C(C)c1ccccc1. The van der Waals surface area contributed by atoms with Gasteiger partial charge in [-0.05, 0) is 45.2 Å². The van der Waals surface area contributed by atoms with Gasteiger partial charge in [0.15, 0.2) is 0 Å². The van der Waals surface area contributed by atoms with Gasteiger partial charge in [-0.1, -0.05) is 30.3 Å². The molecule has 0 radical (unpaired) electrons. The molecular formula is C22H28N2O4. The first-order valence-electron chi connectivity index (χ1n) is 9.68. The summed E-state index contributed by atoms with van der Waals surface area (Å²) in [7, 11) is 0. The molecule has 1 unspecified atom stereocenters. The smallest absolute Gasteiger partial charge is 0.305 e. The molecule has 0 aliphatic carbocycles. The molecule has 2 heterocycles. The molecule has 1 saturated heterocycles. The van der Waals surface area contributed by atoms with Gasteiger partial charge in [0, 0.05) is 24.6 Å². The monoisotopic (exact) mass is 384 g/mol. The molecule has 1 aromatic heterocycles. The fourth-order valence-corrected chi connectivity index (χ4v) is 4.19. The molecule has 150 valence electrons. The summed E-state index contributed by atoms with van der Waals surface area (Å²) in [6, 6.07) is 12.1. The molecular weight excluding hydrogens is 356 g/mol. The maximum atomic E-state index is 13.1. The number of hydrogen-bond donors (Lipinski definition) is 2. The van der Waals surface area contributed by atoms with E-state index in [4.69, 9.17) is 4.74 Å². The molecule has 1 fully saturated rings. The average Bonchev–Trinajstić information content (AvgIpc) is 2.96. The third-order valence-electron chi connectivity index (χ3n) is 5.72. The Hall–Kier alpha value is -2.60. The number of carboxylic acid groups (broad SMARTS) is 1. The zero-order valence-corrected chi connectivity index (χ0v) is 16.7. The Bertz CT molecular complexity index is 851. The summed E-state index contributed by atoms with van der Waals surface area (Å²) in [5.41, 5.74) is 2.89. The summed E-state index contributed by atoms with van der Waals surface area (Å²) in [6.07, 6.45) is 0.912. The number of hydrogen-bond acceptors (Lipinski definition) is 3. The molecule has 0 spiro atoms. The molecule has 2 aromatic rings. The van der Waals surface area contributed by atoms with Crippen LogP contribution >= 0.6 is 0 Å². The van der Waals surface area contributed by atoms with Crippen molar-refractivity contribution in [2.75, 3.05) is 13.2 Å². The van der Waals surface area contributed by atoms with E-state index in [9.17, 15) is 14.7 Å². The van der Waals surface area contributed by atoms with E-state index in [1.807, 2.05) is 38.1 Å². The molecule has 3 rings (SSSR count). The minimum atomic E-state index is -0.912. The Morgan fingerprint density at radius 3 is 2.46 bits per heavy atom. The number of nitrogens with zero attached hydrogens (tertiary/aromatic N) is 1. The normalized spacial score (nSPS) is 17.1. The quantitative estimate of drug-likeness (QED) is 0.799. The van der Waals surface area contributed by atoms with Crippen LogP contribution in [0.25, 0.3) is 0 Å². The van der Waals surface area contributed by atoms with Gasteiger partial charge in [-0.2, -0.15) is 0 Å². The van der Waals surface area contributed by atoms with Crippen LogP contribution in [-0.2, 0) is 9.53 Å². The van der Waals surface area contributed by atoms with E-state index in [0.717, 1.165) is 11.4 Å². The van der Waals surface area contributed by atoms with Crippen molar-refractivity contribution >= 4 is 11.9 Å². The Labute approximate surface area is 165 Å². The van der Waals surface area contributed by atoms with E-state index in [2.05, 4.69) is 28.9 Å². The highest BCUT2D eigenvalue weighted by Gasteiger charge is 2.37. The van der Waals surface area contributed by atoms with E-state index in [1.54, 1.807) is 0 Å². The largest absolute Gasteiger partial charge is 0.481 e. The second-order valence-corrected chi connectivity index (χ2v) is 7.66. The first-order valence-corrected chi connectivity index (χ1v) is 9.68. The predicted molar refractivity (Wildman–Crippen MR) is 107 cm³/mol. The molecule has 6 nitrogen and oxygen atoms in total. The minimum Gasteiger partial charge on any atom is -0.481 e. The molecule has 6 heteroatoms. The van der Waals surface area contributed by atoms with Crippen LogP contribution in [0, 0.1) is 13.8 Å². The van der Waals surface area contributed by atoms with Gasteiger partial charge >= 0.3 is 5.97 Å². The summed E-state index contributed by atoms with van der Waals surface area (Å²) in [5.74, 6) is -1.13. The van der Waals surface area contributed by atoms with Crippen LogP contribution in [0.2, 0.25) is 0 Å². The fraction of sp³-hybridized carbons (Fsp3) is 0.455. The number of aliphatic carboxylic acids is 1. The van der Waals surface area contributed by atoms with Crippen LogP contribution in [0.5, 0.6) is 0 Å². The lowest BCUT2D eigenvalue weighted by Gasteiger charge is -2.36. The van der Waals surface area contributed by atoms with Gasteiger partial charge in [-0.25, -0.2) is 0 Å². The number of carboxylic acids is 1. The first-order chi connectivity index (χ1) is 13.3. The van der Waals surface area contributed by atoms with Crippen LogP contribution in [-0.4, -0.2) is 40.3 Å². The highest BCUT2D eigenvalue weighted by atomic mass is 16.5. The van der Waals surface area contributed by atoms with Crippen molar-refractivity contribution in [2.45, 2.75) is 51.6 Å². The van der Waals surface area contributed by atoms with E-state index < -0.39 is 11.5 Å². The van der Waals surface area contributed by atoms with E-state index >= 15 is 0 Å². The third-order valence-corrected chi connectivity index (χ3v) is 5.72. The van der Waals surface area contributed by atoms with E-state index in [-0.39, 0.29) is 18.4 Å². The minimum absolute atomic E-state index is 0.0960. The second-order valence-electron chi connectivity index (χ2n) is 7.66. The maximum absolute atomic E-state index is 13.1. The van der Waals surface area contributed by atoms with Gasteiger partial charge in [-0.15, -0.1) is 0 Å². The fourth-order valence-electron chi connectivity index (χ4n) is 4.19. The highest BCUT2D eigenvalue weighted by molar-refractivity contribution is 5.96. The van der Waals surface area contributed by atoms with Crippen LogP contribution in [0.4, 0.5) is 0 Å². The van der Waals surface area contributed by atoms with Crippen LogP contribution < -0.4 is 5.32 Å². The van der Waals surface area contributed by atoms with Crippen molar-refractivity contribution < 1.29 is 19.4 Å². The number of amides is 1. The third kappa shape index (κ3) is 4.12. The van der Waals surface area contributed by atoms with E-state index in [1.165, 1.54) is 5.56 Å². The van der Waals surface area contributed by atoms with Crippen molar-refractivity contribution in [3.05, 3.63) is 58.9 Å². The van der Waals surface area contributed by atoms with Crippen molar-refractivity contribution in [1.29, 1.82) is 0 Å². The molecule has 2 N–H and O–H groups in total. The van der Waals surface area contributed by atoms with Crippen molar-refractivity contribution in [3.63, 3.8) is 0 Å². The van der Waals surface area contributed by atoms with Crippen molar-refractivity contribution in [2.24, 2.45) is 0 Å². The Kier molecular flexibility index (Phi) is 5.89. The van der Waals surface area contributed by atoms with Crippen LogP contribution in [0.1, 0.15) is 59.5 Å². The predicted octanol–water partition coefficient (Wildman–Crippen LogP) is 3.47. The number of carbonyl (C=O) groups excluding carboxylic acids is 1. The Morgan fingerprint density at radius 2 is 1.86 bits per heavy atom. The van der Waals surface area contributed by atoms with E-state index in [0.29, 0.717) is 31.6 Å². The molecule has 1 aliphatic heterocycles. The van der Waals surface area contributed by atoms with Crippen molar-refractivity contribution in [1.82, 2.24) is 9.88 Å². The zero-order chi connectivity index (χ0) is 20.3. The Morgan fingerprint density at radius 1 is 1.21 bits per heavy atom. The summed E-state index contributed by atoms with van der Waals surface area (Å²) in [5, 5.41) is 12.3. The van der Waals surface area contributed by atoms with Crippen LogP contribution in [0.3, 0.4) is 0 Å². The number of aromatic nitrogens is 1.